The first-order valence-corrected chi connectivity index (χ1v) is 8.41. The Morgan fingerprint density at radius 3 is 2.17 bits per heavy atom. The number of carbonyl (C=O) groups is 2. The quantitative estimate of drug-likeness (QED) is 0.678. The van der Waals surface area contributed by atoms with E-state index >= 15 is 0 Å². The van der Waals surface area contributed by atoms with Crippen LogP contribution in [-0.4, -0.2) is 44.1 Å². The molecule has 0 unspecified atom stereocenters. The molecule has 134 valence electrons. The lowest BCUT2D eigenvalue weighted by atomic mass is 9.87. The molecule has 2 N–H and O–H groups in total. The van der Waals surface area contributed by atoms with E-state index in [0.717, 1.165) is 6.92 Å². The Bertz CT molecular complexity index is 520. The molecule has 0 aliphatic heterocycles. The topological polar surface area (TPSA) is 92.7 Å². The minimum Gasteiger partial charge on any atom is -0.481 e. The summed E-state index contributed by atoms with van der Waals surface area (Å²) in [6.07, 6.45) is -0.0187. The summed E-state index contributed by atoms with van der Waals surface area (Å²) in [4.78, 5) is 22.8. The van der Waals surface area contributed by atoms with E-state index in [2.05, 4.69) is 9.46 Å². The molecule has 0 saturated heterocycles. The maximum absolute atomic E-state index is 14.7. The van der Waals surface area contributed by atoms with E-state index in [1.807, 2.05) is 0 Å². The van der Waals surface area contributed by atoms with E-state index in [1.165, 1.54) is 6.92 Å². The monoisotopic (exact) mass is 355 g/mol. The fourth-order valence-corrected chi connectivity index (χ4v) is 3.23. The lowest BCUT2D eigenvalue weighted by molar-refractivity contribution is -0.185. The summed E-state index contributed by atoms with van der Waals surface area (Å²) in [6.45, 7) is 6.94. The smallest absolute Gasteiger partial charge is 0.379 e. The van der Waals surface area contributed by atoms with E-state index < -0.39 is 51.0 Å². The Morgan fingerprint density at radius 2 is 1.83 bits per heavy atom. The van der Waals surface area contributed by atoms with Crippen LogP contribution in [0.3, 0.4) is 0 Å². The van der Waals surface area contributed by atoms with Gasteiger partial charge in [0.25, 0.3) is 0 Å². The second kappa shape index (κ2) is 6.43. The van der Waals surface area contributed by atoms with Crippen molar-refractivity contribution >= 4 is 22.9 Å². The van der Waals surface area contributed by atoms with Crippen LogP contribution in [0, 0.1) is 11.8 Å². The van der Waals surface area contributed by atoms with Crippen LogP contribution in [-0.2, 0) is 25.3 Å². The molecule has 1 fully saturated rings. The summed E-state index contributed by atoms with van der Waals surface area (Å²) in [5, 5.41) is 9.02. The normalized spacial score (nSPS) is 25.3. The highest BCUT2D eigenvalue weighted by Gasteiger charge is 2.69. The van der Waals surface area contributed by atoms with Crippen LogP contribution in [0.2, 0.25) is 0 Å². The Labute approximate surface area is 136 Å². The standard InChI is InChI=1S/C14H23F2NO5S/c1-6-22-11(20)14(15,16)13(5,9-7-8(9)10(18)19)17-23(21)12(2,3)4/h8-9,17H,6-7H2,1-5H3,(H,18,19)/t8-,9-,13-,23-/m1/s1. The highest BCUT2D eigenvalue weighted by molar-refractivity contribution is 7.84. The average molecular weight is 355 g/mol. The molecule has 0 heterocycles. The average Bonchev–Trinajstić information content (AvgIpc) is 3.17. The van der Waals surface area contributed by atoms with Crippen molar-refractivity contribution in [1.82, 2.24) is 4.72 Å². The Kier molecular flexibility index (Phi) is 5.58. The molecule has 0 aromatic heterocycles. The molecule has 0 radical (unpaired) electrons. The number of nitrogens with one attached hydrogen (secondary N) is 1. The van der Waals surface area contributed by atoms with E-state index in [1.54, 1.807) is 20.8 Å². The van der Waals surface area contributed by atoms with Crippen LogP contribution in [0.15, 0.2) is 0 Å². The van der Waals surface area contributed by atoms with Crippen molar-refractivity contribution in [3.05, 3.63) is 0 Å². The lowest BCUT2D eigenvalue weighted by Crippen LogP contribution is -2.64. The summed E-state index contributed by atoms with van der Waals surface area (Å²) >= 11 is 0. The van der Waals surface area contributed by atoms with Gasteiger partial charge in [-0.05, 0) is 47.0 Å². The molecule has 0 amide bonds. The van der Waals surface area contributed by atoms with Gasteiger partial charge in [0.15, 0.2) is 0 Å². The molecule has 1 rings (SSSR count). The predicted molar refractivity (Wildman–Crippen MR) is 80.2 cm³/mol. The molecule has 6 nitrogen and oxygen atoms in total. The van der Waals surface area contributed by atoms with Gasteiger partial charge in [-0.2, -0.15) is 8.78 Å². The van der Waals surface area contributed by atoms with Crippen molar-refractivity contribution in [2.45, 2.75) is 57.2 Å². The van der Waals surface area contributed by atoms with Crippen LogP contribution in [0.25, 0.3) is 0 Å². The number of hydrogen-bond donors (Lipinski definition) is 2. The SMILES string of the molecule is CCOC(=O)C(F)(F)[C@](C)(N[S@](=O)C(C)(C)C)[C@@H]1C[C@H]1C(=O)O. The van der Waals surface area contributed by atoms with Crippen LogP contribution in [0.4, 0.5) is 8.78 Å². The van der Waals surface area contributed by atoms with Gasteiger partial charge in [0.1, 0.15) is 5.54 Å². The maximum atomic E-state index is 14.7. The fraction of sp³-hybridized carbons (Fsp3) is 0.857. The third kappa shape index (κ3) is 3.88. The summed E-state index contributed by atoms with van der Waals surface area (Å²) in [7, 11) is -1.91. The van der Waals surface area contributed by atoms with E-state index in [0.29, 0.717) is 0 Å². The van der Waals surface area contributed by atoms with Crippen LogP contribution in [0.1, 0.15) is 41.0 Å². The lowest BCUT2D eigenvalue weighted by Gasteiger charge is -2.38. The molecule has 0 aromatic rings. The van der Waals surface area contributed by atoms with Crippen molar-refractivity contribution in [3.8, 4) is 0 Å². The Hall–Kier alpha value is -1.09. The van der Waals surface area contributed by atoms with E-state index in [4.69, 9.17) is 5.11 Å². The summed E-state index contributed by atoms with van der Waals surface area (Å²) in [5.41, 5.74) is -2.28. The second-order valence-electron chi connectivity index (χ2n) is 6.77. The van der Waals surface area contributed by atoms with Crippen molar-refractivity contribution in [2.24, 2.45) is 11.8 Å². The number of esters is 1. The number of rotatable bonds is 7. The molecule has 1 aliphatic carbocycles. The molecule has 0 spiro atoms. The molecule has 4 atom stereocenters. The first-order chi connectivity index (χ1) is 10.3. The molecule has 0 aromatic carbocycles. The van der Waals surface area contributed by atoms with Crippen molar-refractivity contribution in [3.63, 3.8) is 0 Å². The van der Waals surface area contributed by atoms with E-state index in [9.17, 15) is 22.6 Å². The first kappa shape index (κ1) is 20.0. The molecule has 1 aliphatic rings. The number of hydrogen-bond acceptors (Lipinski definition) is 4. The predicted octanol–water partition coefficient (Wildman–Crippen LogP) is 1.72. The highest BCUT2D eigenvalue weighted by atomic mass is 32.2. The molecule has 23 heavy (non-hydrogen) atoms. The first-order valence-electron chi connectivity index (χ1n) is 7.26. The highest BCUT2D eigenvalue weighted by Crippen LogP contribution is 2.53. The Morgan fingerprint density at radius 1 is 1.30 bits per heavy atom. The van der Waals surface area contributed by atoms with Gasteiger partial charge in [-0.25, -0.2) is 13.7 Å². The molecular weight excluding hydrogens is 332 g/mol. The number of ether oxygens (including phenoxy) is 1. The number of aliphatic carboxylic acids is 1. The zero-order valence-electron chi connectivity index (χ0n) is 13.8. The minimum atomic E-state index is -4.02. The summed E-state index contributed by atoms with van der Waals surface area (Å²) in [6, 6.07) is 0. The molecular formula is C14H23F2NO5S. The largest absolute Gasteiger partial charge is 0.481 e. The van der Waals surface area contributed by atoms with Gasteiger partial charge in [-0.1, -0.05) is 0 Å². The van der Waals surface area contributed by atoms with Gasteiger partial charge in [0, 0.05) is 0 Å². The molecule has 1 saturated carbocycles. The van der Waals surface area contributed by atoms with Crippen LogP contribution in [0.5, 0.6) is 0 Å². The van der Waals surface area contributed by atoms with Crippen LogP contribution >= 0.6 is 0 Å². The van der Waals surface area contributed by atoms with Crippen molar-refractivity contribution in [1.29, 1.82) is 0 Å². The molecule has 0 bridgehead atoms. The van der Waals surface area contributed by atoms with Gasteiger partial charge >= 0.3 is 17.9 Å². The van der Waals surface area contributed by atoms with E-state index in [-0.39, 0.29) is 13.0 Å². The van der Waals surface area contributed by atoms with Crippen molar-refractivity contribution in [2.75, 3.05) is 6.61 Å². The second-order valence-corrected chi connectivity index (χ2v) is 8.73. The zero-order chi connectivity index (χ0) is 18.2. The summed E-state index contributed by atoms with van der Waals surface area (Å²) in [5.74, 6) is -9.02. The van der Waals surface area contributed by atoms with Crippen LogP contribution < -0.4 is 4.72 Å². The third-order valence-corrected chi connectivity index (χ3v) is 5.62. The van der Waals surface area contributed by atoms with Gasteiger partial charge in [0.05, 0.1) is 28.3 Å². The third-order valence-electron chi connectivity index (χ3n) is 3.89. The fourth-order valence-electron chi connectivity index (χ4n) is 2.26. The van der Waals surface area contributed by atoms with Crippen molar-refractivity contribution < 1.29 is 32.4 Å². The van der Waals surface area contributed by atoms with Gasteiger partial charge in [-0.3, -0.25) is 4.79 Å². The van der Waals surface area contributed by atoms with Gasteiger partial charge in [0.2, 0.25) is 0 Å². The van der Waals surface area contributed by atoms with Gasteiger partial charge in [-0.15, -0.1) is 0 Å². The number of carbonyl (C=O) groups excluding carboxylic acids is 1. The van der Waals surface area contributed by atoms with Gasteiger partial charge < -0.3 is 9.84 Å². The number of carboxylic acids is 1. The number of carboxylic acid groups (broad SMARTS) is 1. The maximum Gasteiger partial charge on any atom is 0.379 e. The Balaban J connectivity index is 3.19. The minimum absolute atomic E-state index is 0.0187. The zero-order valence-corrected chi connectivity index (χ0v) is 14.6. The molecule has 9 heteroatoms. The number of alkyl halides is 2. The number of halogens is 2. The summed E-state index contributed by atoms with van der Waals surface area (Å²) < 4.78 is 47.5.